The first-order chi connectivity index (χ1) is 10.1. The number of hydrogen-bond donors (Lipinski definition) is 2. The molecule has 3 rings (SSSR count). The van der Waals surface area contributed by atoms with Gasteiger partial charge in [-0.1, -0.05) is 34.1 Å². The molecule has 0 spiro atoms. The Hall–Kier alpha value is -2.14. The van der Waals surface area contributed by atoms with Crippen molar-refractivity contribution in [3.63, 3.8) is 0 Å². The van der Waals surface area contributed by atoms with Gasteiger partial charge in [0, 0.05) is 20.9 Å². The minimum absolute atomic E-state index is 0.167. The molecule has 0 fully saturated rings. The average molecular weight is 348 g/mol. The smallest absolute Gasteiger partial charge is 0.307 e. The van der Waals surface area contributed by atoms with Gasteiger partial charge in [0.05, 0.1) is 12.1 Å². The molecule has 0 amide bonds. The molecule has 0 unspecified atom stereocenters. The number of hydrogen-bond acceptors (Lipinski definition) is 1. The second-order valence-electron chi connectivity index (χ2n) is 4.72. The van der Waals surface area contributed by atoms with Crippen LogP contribution >= 0.6 is 15.9 Å². The van der Waals surface area contributed by atoms with Gasteiger partial charge in [0.25, 0.3) is 0 Å². The molecule has 0 saturated carbocycles. The summed E-state index contributed by atoms with van der Waals surface area (Å²) in [5, 5.41) is 9.74. The van der Waals surface area contributed by atoms with Crippen molar-refractivity contribution < 1.29 is 14.3 Å². The lowest BCUT2D eigenvalue weighted by molar-refractivity contribution is -0.136. The van der Waals surface area contributed by atoms with Crippen molar-refractivity contribution in [2.45, 2.75) is 6.42 Å². The van der Waals surface area contributed by atoms with Gasteiger partial charge >= 0.3 is 5.97 Å². The number of aliphatic carboxylic acids is 1. The van der Waals surface area contributed by atoms with Crippen LogP contribution in [0.3, 0.4) is 0 Å². The first-order valence-corrected chi connectivity index (χ1v) is 7.12. The number of benzene rings is 2. The van der Waals surface area contributed by atoms with Crippen molar-refractivity contribution in [1.29, 1.82) is 0 Å². The summed E-state index contributed by atoms with van der Waals surface area (Å²) in [5.41, 5.74) is 2.86. The topological polar surface area (TPSA) is 53.1 Å². The van der Waals surface area contributed by atoms with E-state index in [1.807, 2.05) is 24.3 Å². The Morgan fingerprint density at radius 2 is 2.00 bits per heavy atom. The molecule has 106 valence electrons. The minimum Gasteiger partial charge on any atom is -0.481 e. The second kappa shape index (κ2) is 5.33. The molecular weight excluding hydrogens is 337 g/mol. The summed E-state index contributed by atoms with van der Waals surface area (Å²) in [5.74, 6) is -1.33. The van der Waals surface area contributed by atoms with E-state index in [1.165, 1.54) is 12.1 Å². The van der Waals surface area contributed by atoms with Crippen LogP contribution in [0.1, 0.15) is 5.56 Å². The van der Waals surface area contributed by atoms with Crippen LogP contribution in [-0.4, -0.2) is 16.1 Å². The molecule has 0 bridgehead atoms. The van der Waals surface area contributed by atoms with Crippen LogP contribution in [0.4, 0.5) is 4.39 Å². The zero-order valence-electron chi connectivity index (χ0n) is 10.9. The highest BCUT2D eigenvalue weighted by Crippen LogP contribution is 2.35. The number of H-pyrrole nitrogens is 1. The van der Waals surface area contributed by atoms with Gasteiger partial charge in [0.2, 0.25) is 0 Å². The molecule has 0 aliphatic rings. The third-order valence-corrected chi connectivity index (χ3v) is 4.03. The minimum atomic E-state index is -0.950. The summed E-state index contributed by atoms with van der Waals surface area (Å²) >= 11 is 3.46. The number of carboxylic acids is 1. The molecule has 0 aliphatic heterocycles. The molecule has 21 heavy (non-hydrogen) atoms. The van der Waals surface area contributed by atoms with E-state index in [1.54, 1.807) is 6.07 Å². The molecule has 3 aromatic rings. The normalized spacial score (nSPS) is 11.0. The van der Waals surface area contributed by atoms with Gasteiger partial charge in [-0.2, -0.15) is 0 Å². The number of aromatic amines is 1. The van der Waals surface area contributed by atoms with Gasteiger partial charge < -0.3 is 10.1 Å². The summed E-state index contributed by atoms with van der Waals surface area (Å²) < 4.78 is 14.3. The van der Waals surface area contributed by atoms with Crippen LogP contribution < -0.4 is 0 Å². The highest BCUT2D eigenvalue weighted by Gasteiger charge is 2.17. The third kappa shape index (κ3) is 2.56. The molecule has 0 atom stereocenters. The number of carbonyl (C=O) groups is 1. The molecule has 2 N–H and O–H groups in total. The Kier molecular flexibility index (Phi) is 3.51. The van der Waals surface area contributed by atoms with Crippen LogP contribution in [0, 0.1) is 5.82 Å². The highest BCUT2D eigenvalue weighted by atomic mass is 79.9. The number of aromatic nitrogens is 1. The summed E-state index contributed by atoms with van der Waals surface area (Å²) in [6, 6.07) is 11.9. The summed E-state index contributed by atoms with van der Waals surface area (Å²) in [7, 11) is 0. The lowest BCUT2D eigenvalue weighted by atomic mass is 10.0. The zero-order chi connectivity index (χ0) is 15.0. The number of rotatable bonds is 3. The van der Waals surface area contributed by atoms with E-state index in [2.05, 4.69) is 20.9 Å². The largest absolute Gasteiger partial charge is 0.481 e. The van der Waals surface area contributed by atoms with Crippen LogP contribution in [0.5, 0.6) is 0 Å². The first-order valence-electron chi connectivity index (χ1n) is 6.33. The maximum absolute atomic E-state index is 13.5. The Bertz CT molecular complexity index is 841. The Morgan fingerprint density at radius 1 is 1.24 bits per heavy atom. The van der Waals surface area contributed by atoms with E-state index in [0.29, 0.717) is 16.6 Å². The SMILES string of the molecule is O=C(O)Cc1c(-c2ccccc2Br)[nH]c2ccc(F)cc12. The van der Waals surface area contributed by atoms with E-state index < -0.39 is 5.97 Å². The van der Waals surface area contributed by atoms with Crippen LogP contribution in [0.25, 0.3) is 22.2 Å². The molecule has 0 saturated heterocycles. The molecule has 1 aromatic heterocycles. The molecule has 5 heteroatoms. The Morgan fingerprint density at radius 3 is 2.71 bits per heavy atom. The van der Waals surface area contributed by atoms with Gasteiger partial charge in [-0.05, 0) is 29.8 Å². The predicted molar refractivity (Wildman–Crippen MR) is 82.7 cm³/mol. The maximum atomic E-state index is 13.5. The van der Waals surface area contributed by atoms with Crippen molar-refractivity contribution in [3.05, 3.63) is 58.3 Å². The van der Waals surface area contributed by atoms with Gasteiger partial charge in [0.1, 0.15) is 5.82 Å². The van der Waals surface area contributed by atoms with Crippen molar-refractivity contribution in [3.8, 4) is 11.3 Å². The van der Waals surface area contributed by atoms with Gasteiger partial charge in [-0.25, -0.2) is 4.39 Å². The van der Waals surface area contributed by atoms with E-state index in [9.17, 15) is 9.18 Å². The standard InChI is InChI=1S/C16H11BrFNO2/c17-13-4-2-1-3-10(13)16-12(8-15(20)21)11-7-9(18)5-6-14(11)19-16/h1-7,19H,8H2,(H,20,21). The molecule has 2 aromatic carbocycles. The number of nitrogens with one attached hydrogen (secondary N) is 1. The monoisotopic (exact) mass is 347 g/mol. The van der Waals surface area contributed by atoms with Gasteiger partial charge in [-0.3, -0.25) is 4.79 Å². The molecule has 1 heterocycles. The van der Waals surface area contributed by atoms with Crippen molar-refractivity contribution >= 4 is 32.8 Å². The first kappa shape index (κ1) is 13.8. The van der Waals surface area contributed by atoms with Crippen LogP contribution in [0.2, 0.25) is 0 Å². The number of carboxylic acid groups (broad SMARTS) is 1. The lowest BCUT2D eigenvalue weighted by Gasteiger charge is -2.05. The van der Waals surface area contributed by atoms with Crippen molar-refractivity contribution in [1.82, 2.24) is 4.98 Å². The van der Waals surface area contributed by atoms with Crippen LogP contribution in [-0.2, 0) is 11.2 Å². The van der Waals surface area contributed by atoms with E-state index in [-0.39, 0.29) is 12.2 Å². The zero-order valence-corrected chi connectivity index (χ0v) is 12.4. The second-order valence-corrected chi connectivity index (χ2v) is 5.57. The Labute approximate surface area is 128 Å². The highest BCUT2D eigenvalue weighted by molar-refractivity contribution is 9.10. The van der Waals surface area contributed by atoms with E-state index in [0.717, 1.165) is 15.6 Å². The Balaban J connectivity index is 2.31. The molecule has 0 radical (unpaired) electrons. The van der Waals surface area contributed by atoms with E-state index in [4.69, 9.17) is 5.11 Å². The van der Waals surface area contributed by atoms with Crippen molar-refractivity contribution in [2.24, 2.45) is 0 Å². The fourth-order valence-electron chi connectivity index (χ4n) is 2.45. The quantitative estimate of drug-likeness (QED) is 0.739. The van der Waals surface area contributed by atoms with E-state index >= 15 is 0 Å². The number of halogens is 2. The molecule has 3 nitrogen and oxygen atoms in total. The predicted octanol–water partition coefficient (Wildman–Crippen LogP) is 4.36. The molecule has 0 aliphatic carbocycles. The van der Waals surface area contributed by atoms with Gasteiger partial charge in [0.15, 0.2) is 0 Å². The maximum Gasteiger partial charge on any atom is 0.307 e. The summed E-state index contributed by atoms with van der Waals surface area (Å²) in [6.45, 7) is 0. The van der Waals surface area contributed by atoms with Crippen LogP contribution in [0.15, 0.2) is 46.9 Å². The lowest BCUT2D eigenvalue weighted by Crippen LogP contribution is -2.01. The van der Waals surface area contributed by atoms with Gasteiger partial charge in [-0.15, -0.1) is 0 Å². The molecular formula is C16H11BrFNO2. The van der Waals surface area contributed by atoms with Crippen molar-refractivity contribution in [2.75, 3.05) is 0 Å². The fourth-order valence-corrected chi connectivity index (χ4v) is 2.93. The number of fused-ring (bicyclic) bond motifs is 1. The summed E-state index contributed by atoms with van der Waals surface area (Å²) in [4.78, 5) is 14.3. The third-order valence-electron chi connectivity index (χ3n) is 3.34. The summed E-state index contributed by atoms with van der Waals surface area (Å²) in [6.07, 6.45) is -0.167. The average Bonchev–Trinajstić information content (AvgIpc) is 2.77. The fraction of sp³-hybridized carbons (Fsp3) is 0.0625.